The molecule has 3 rings (SSSR count). The Hall–Kier alpha value is -3.21. The second-order valence-corrected chi connectivity index (χ2v) is 6.14. The molecule has 5 heteroatoms. The van der Waals surface area contributed by atoms with Gasteiger partial charge in [-0.3, -0.25) is 9.20 Å². The maximum Gasteiger partial charge on any atom is 0.339 e. The van der Waals surface area contributed by atoms with Gasteiger partial charge in [-0.05, 0) is 37.1 Å². The first-order chi connectivity index (χ1) is 13.1. The summed E-state index contributed by atoms with van der Waals surface area (Å²) in [5, 5.41) is 0. The molecule has 0 spiro atoms. The quantitative estimate of drug-likeness (QED) is 0.622. The van der Waals surface area contributed by atoms with E-state index < -0.39 is 5.97 Å². The molecule has 0 saturated heterocycles. The predicted molar refractivity (Wildman–Crippen MR) is 107 cm³/mol. The Labute approximate surface area is 158 Å². The van der Waals surface area contributed by atoms with Gasteiger partial charge < -0.3 is 4.74 Å². The number of benzene rings is 1. The molecule has 2 heterocycles. The van der Waals surface area contributed by atoms with Crippen molar-refractivity contribution in [2.75, 3.05) is 6.61 Å². The number of hydrogen-bond acceptors (Lipinski definition) is 4. The minimum Gasteiger partial charge on any atom is -0.462 e. The molecule has 0 saturated carbocycles. The van der Waals surface area contributed by atoms with Crippen molar-refractivity contribution in [3.05, 3.63) is 81.4 Å². The van der Waals surface area contributed by atoms with E-state index in [9.17, 15) is 9.59 Å². The summed E-state index contributed by atoms with van der Waals surface area (Å²) >= 11 is 0. The van der Waals surface area contributed by atoms with Crippen molar-refractivity contribution in [2.24, 2.45) is 0 Å². The topological polar surface area (TPSA) is 60.7 Å². The van der Waals surface area contributed by atoms with Crippen molar-refractivity contribution in [3.8, 4) is 0 Å². The van der Waals surface area contributed by atoms with E-state index in [1.165, 1.54) is 10.6 Å². The summed E-state index contributed by atoms with van der Waals surface area (Å²) in [6, 6.07) is 13.2. The predicted octanol–water partition coefficient (Wildman–Crippen LogP) is 3.99. The van der Waals surface area contributed by atoms with Gasteiger partial charge in [-0.15, -0.1) is 0 Å². The average molecular weight is 362 g/mol. The molecule has 2 aromatic heterocycles. The molecule has 0 aliphatic carbocycles. The summed E-state index contributed by atoms with van der Waals surface area (Å²) in [7, 11) is 0. The van der Waals surface area contributed by atoms with Crippen molar-refractivity contribution < 1.29 is 9.53 Å². The lowest BCUT2D eigenvalue weighted by molar-refractivity contribution is 0.0525. The van der Waals surface area contributed by atoms with Gasteiger partial charge in [-0.2, -0.15) is 0 Å². The van der Waals surface area contributed by atoms with Gasteiger partial charge in [0.15, 0.2) is 0 Å². The smallest absolute Gasteiger partial charge is 0.339 e. The Bertz CT molecular complexity index is 1040. The van der Waals surface area contributed by atoms with Gasteiger partial charge >= 0.3 is 5.97 Å². The molecular formula is C22H22N2O3. The molecule has 0 unspecified atom stereocenters. The van der Waals surface area contributed by atoms with Crippen molar-refractivity contribution in [1.82, 2.24) is 9.38 Å². The molecule has 0 atom stereocenters. The van der Waals surface area contributed by atoms with Crippen LogP contribution in [0.4, 0.5) is 0 Å². The van der Waals surface area contributed by atoms with E-state index in [1.807, 2.05) is 49.4 Å². The zero-order valence-electron chi connectivity index (χ0n) is 15.5. The molecule has 27 heavy (non-hydrogen) atoms. The Kier molecular flexibility index (Phi) is 5.81. The number of aromatic nitrogens is 2. The van der Waals surface area contributed by atoms with E-state index in [4.69, 9.17) is 4.74 Å². The van der Waals surface area contributed by atoms with Crippen LogP contribution in [0.5, 0.6) is 0 Å². The van der Waals surface area contributed by atoms with E-state index in [0.29, 0.717) is 28.9 Å². The number of rotatable bonds is 6. The molecule has 0 aliphatic heterocycles. The Morgan fingerprint density at radius 3 is 2.59 bits per heavy atom. The molecule has 0 aliphatic rings. The van der Waals surface area contributed by atoms with Crippen molar-refractivity contribution in [3.63, 3.8) is 0 Å². The third kappa shape index (κ3) is 4.14. The standard InChI is InChI=1S/C22H22N2O3/c1-3-8-18-19(13-11-16-9-6-5-7-10-16)23-20-14-12-17(22(26)27-4-2)15-24(20)21(18)25/h5-7,9-15H,3-4,8H2,1-2H3/b13-11+. The molecule has 1 aromatic carbocycles. The molecular weight excluding hydrogens is 340 g/mol. The van der Waals surface area contributed by atoms with E-state index in [1.54, 1.807) is 19.1 Å². The van der Waals surface area contributed by atoms with Gasteiger partial charge in [-0.25, -0.2) is 9.78 Å². The van der Waals surface area contributed by atoms with Crippen LogP contribution in [-0.2, 0) is 11.2 Å². The minimum absolute atomic E-state index is 0.152. The first kappa shape index (κ1) is 18.6. The lowest BCUT2D eigenvalue weighted by Crippen LogP contribution is -2.22. The molecule has 0 amide bonds. The number of fused-ring (bicyclic) bond motifs is 1. The van der Waals surface area contributed by atoms with E-state index in [0.717, 1.165) is 12.0 Å². The summed E-state index contributed by atoms with van der Waals surface area (Å²) in [6.45, 7) is 4.06. The van der Waals surface area contributed by atoms with Crippen LogP contribution in [0.15, 0.2) is 53.5 Å². The van der Waals surface area contributed by atoms with Crippen LogP contribution in [0.25, 0.3) is 17.8 Å². The summed E-state index contributed by atoms with van der Waals surface area (Å²) in [5.74, 6) is -0.448. The van der Waals surface area contributed by atoms with Gasteiger partial charge in [0, 0.05) is 11.8 Å². The van der Waals surface area contributed by atoms with E-state index >= 15 is 0 Å². The van der Waals surface area contributed by atoms with Crippen LogP contribution in [0.1, 0.15) is 47.4 Å². The third-order valence-electron chi connectivity index (χ3n) is 4.19. The van der Waals surface area contributed by atoms with Crippen molar-refractivity contribution in [1.29, 1.82) is 0 Å². The molecule has 138 valence electrons. The monoisotopic (exact) mass is 362 g/mol. The fraction of sp³-hybridized carbons (Fsp3) is 0.227. The maximum atomic E-state index is 13.0. The SMILES string of the molecule is CCCc1c(/C=C/c2ccccc2)nc2ccc(C(=O)OCC)cn2c1=O. The molecule has 0 fully saturated rings. The number of ether oxygens (including phenoxy) is 1. The highest BCUT2D eigenvalue weighted by atomic mass is 16.5. The fourth-order valence-corrected chi connectivity index (χ4v) is 2.89. The van der Waals surface area contributed by atoms with Crippen LogP contribution >= 0.6 is 0 Å². The molecule has 0 radical (unpaired) electrons. The number of carbonyl (C=O) groups is 1. The molecule has 0 N–H and O–H groups in total. The summed E-state index contributed by atoms with van der Waals surface area (Å²) < 4.78 is 6.45. The van der Waals surface area contributed by atoms with Crippen LogP contribution in [0.2, 0.25) is 0 Å². The van der Waals surface area contributed by atoms with Crippen molar-refractivity contribution in [2.45, 2.75) is 26.7 Å². The highest BCUT2D eigenvalue weighted by Crippen LogP contribution is 2.13. The van der Waals surface area contributed by atoms with Gasteiger partial charge in [0.2, 0.25) is 0 Å². The largest absolute Gasteiger partial charge is 0.462 e. The van der Waals surface area contributed by atoms with Crippen LogP contribution in [0, 0.1) is 0 Å². The second kappa shape index (κ2) is 8.45. The van der Waals surface area contributed by atoms with Crippen LogP contribution < -0.4 is 5.56 Å². The van der Waals surface area contributed by atoms with Gasteiger partial charge in [0.25, 0.3) is 5.56 Å². The maximum absolute atomic E-state index is 13.0. The number of nitrogens with zero attached hydrogens (tertiary/aromatic N) is 2. The van der Waals surface area contributed by atoms with Gasteiger partial charge in [0.1, 0.15) is 5.65 Å². The molecule has 0 bridgehead atoms. The normalized spacial score (nSPS) is 11.2. The first-order valence-electron chi connectivity index (χ1n) is 9.09. The van der Waals surface area contributed by atoms with Gasteiger partial charge in [0.05, 0.1) is 17.9 Å². The lowest BCUT2D eigenvalue weighted by Gasteiger charge is -2.09. The summed E-state index contributed by atoms with van der Waals surface area (Å²) in [4.78, 5) is 29.6. The van der Waals surface area contributed by atoms with Crippen LogP contribution in [0.3, 0.4) is 0 Å². The number of esters is 1. The minimum atomic E-state index is -0.448. The molecule has 3 aromatic rings. The first-order valence-corrected chi connectivity index (χ1v) is 9.09. The number of hydrogen-bond donors (Lipinski definition) is 0. The number of carbonyl (C=O) groups excluding carboxylic acids is 1. The average Bonchev–Trinajstić information content (AvgIpc) is 2.69. The van der Waals surface area contributed by atoms with Crippen LogP contribution in [-0.4, -0.2) is 22.0 Å². The lowest BCUT2D eigenvalue weighted by atomic mass is 10.1. The van der Waals surface area contributed by atoms with E-state index in [-0.39, 0.29) is 12.2 Å². The zero-order chi connectivity index (χ0) is 19.2. The number of pyridine rings is 1. The summed E-state index contributed by atoms with van der Waals surface area (Å²) in [5.41, 5.74) is 3.03. The van der Waals surface area contributed by atoms with E-state index in [2.05, 4.69) is 4.98 Å². The highest BCUT2D eigenvalue weighted by molar-refractivity contribution is 5.89. The Balaban J connectivity index is 2.10. The molecule has 5 nitrogen and oxygen atoms in total. The Morgan fingerprint density at radius 2 is 1.89 bits per heavy atom. The third-order valence-corrected chi connectivity index (χ3v) is 4.19. The summed E-state index contributed by atoms with van der Waals surface area (Å²) in [6.07, 6.45) is 6.78. The fourth-order valence-electron chi connectivity index (χ4n) is 2.89. The highest BCUT2D eigenvalue weighted by Gasteiger charge is 2.13. The Morgan fingerprint density at radius 1 is 1.11 bits per heavy atom. The van der Waals surface area contributed by atoms with Crippen molar-refractivity contribution >= 4 is 23.8 Å². The second-order valence-electron chi connectivity index (χ2n) is 6.14. The van der Waals surface area contributed by atoms with Gasteiger partial charge in [-0.1, -0.05) is 49.8 Å². The zero-order valence-corrected chi connectivity index (χ0v) is 15.5.